The van der Waals surface area contributed by atoms with E-state index in [9.17, 15) is 0 Å². The van der Waals surface area contributed by atoms with Crippen LogP contribution in [0.25, 0.3) is 0 Å². The van der Waals surface area contributed by atoms with Gasteiger partial charge in [0.15, 0.2) is 5.17 Å². The van der Waals surface area contributed by atoms with Gasteiger partial charge >= 0.3 is 0 Å². The van der Waals surface area contributed by atoms with E-state index < -0.39 is 0 Å². The first-order chi connectivity index (χ1) is 13.1. The van der Waals surface area contributed by atoms with Gasteiger partial charge in [0.25, 0.3) is 0 Å². The largest absolute Gasteiger partial charge is 0.496 e. The molecule has 0 radical (unpaired) electrons. The standard InChI is InChI=1S/C19H23ClN4O2S/c1-25-16-7-5-4-6-13(16)15-11-18(24-23-15)22-19(27-3)21-12-8-9-17(26-2)14(20)10-12/h4-10,15,18,23-24H,11H2,1-3H3,(H,21,22). The van der Waals surface area contributed by atoms with E-state index in [0.717, 1.165) is 28.6 Å². The average molecular weight is 407 g/mol. The molecule has 1 aliphatic rings. The Morgan fingerprint density at radius 2 is 1.93 bits per heavy atom. The minimum Gasteiger partial charge on any atom is -0.496 e. The molecule has 0 saturated carbocycles. The number of benzene rings is 2. The zero-order chi connectivity index (χ0) is 19.2. The van der Waals surface area contributed by atoms with Gasteiger partial charge in [0, 0.05) is 17.7 Å². The fraction of sp³-hybridized carbons (Fsp3) is 0.316. The third kappa shape index (κ3) is 4.87. The van der Waals surface area contributed by atoms with Crippen LogP contribution < -0.4 is 25.6 Å². The van der Waals surface area contributed by atoms with Crippen LogP contribution in [0.2, 0.25) is 5.02 Å². The number of ether oxygens (including phenoxy) is 2. The number of nitrogens with one attached hydrogen (secondary N) is 3. The number of amidine groups is 1. The Balaban J connectivity index is 1.69. The summed E-state index contributed by atoms with van der Waals surface area (Å²) in [5.41, 5.74) is 8.53. The Labute approximate surface area is 168 Å². The van der Waals surface area contributed by atoms with Gasteiger partial charge in [-0.05, 0) is 30.5 Å². The second-order valence-electron chi connectivity index (χ2n) is 5.95. The van der Waals surface area contributed by atoms with Crippen LogP contribution in [0.3, 0.4) is 0 Å². The van der Waals surface area contributed by atoms with Crippen molar-refractivity contribution in [1.29, 1.82) is 0 Å². The normalized spacial score (nSPS) is 19.8. The second kappa shape index (κ2) is 9.32. The van der Waals surface area contributed by atoms with Crippen molar-refractivity contribution in [1.82, 2.24) is 10.9 Å². The van der Waals surface area contributed by atoms with Crippen molar-refractivity contribution in [3.63, 3.8) is 0 Å². The van der Waals surface area contributed by atoms with E-state index in [-0.39, 0.29) is 12.2 Å². The van der Waals surface area contributed by atoms with E-state index in [2.05, 4.69) is 22.2 Å². The molecule has 0 amide bonds. The van der Waals surface area contributed by atoms with Gasteiger partial charge in [0.1, 0.15) is 17.7 Å². The highest BCUT2D eigenvalue weighted by molar-refractivity contribution is 8.13. The van der Waals surface area contributed by atoms with Crippen molar-refractivity contribution in [3.8, 4) is 11.5 Å². The van der Waals surface area contributed by atoms with Crippen molar-refractivity contribution in [2.45, 2.75) is 18.6 Å². The maximum Gasteiger partial charge on any atom is 0.162 e. The number of hydrogen-bond acceptors (Lipinski definition) is 6. The summed E-state index contributed by atoms with van der Waals surface area (Å²) in [4.78, 5) is 4.77. The molecule has 1 saturated heterocycles. The Morgan fingerprint density at radius 3 is 2.63 bits per heavy atom. The number of methoxy groups -OCH3 is 2. The minimum absolute atomic E-state index is 0.0522. The van der Waals surface area contributed by atoms with Crippen molar-refractivity contribution in [2.24, 2.45) is 4.99 Å². The third-order valence-electron chi connectivity index (χ3n) is 4.27. The van der Waals surface area contributed by atoms with E-state index in [1.54, 1.807) is 26.0 Å². The zero-order valence-electron chi connectivity index (χ0n) is 15.5. The summed E-state index contributed by atoms with van der Waals surface area (Å²) in [7, 11) is 3.28. The van der Waals surface area contributed by atoms with E-state index in [1.807, 2.05) is 42.7 Å². The van der Waals surface area contributed by atoms with Gasteiger partial charge in [-0.15, -0.1) is 0 Å². The lowest BCUT2D eigenvalue weighted by Crippen LogP contribution is -2.30. The maximum absolute atomic E-state index is 6.20. The third-order valence-corrected chi connectivity index (χ3v) is 5.16. The highest BCUT2D eigenvalue weighted by atomic mass is 35.5. The molecule has 2 aromatic rings. The van der Waals surface area contributed by atoms with Gasteiger partial charge in [-0.3, -0.25) is 0 Å². The topological polar surface area (TPSA) is 66.9 Å². The molecule has 27 heavy (non-hydrogen) atoms. The van der Waals surface area contributed by atoms with Gasteiger partial charge in [-0.25, -0.2) is 15.8 Å². The van der Waals surface area contributed by atoms with Gasteiger partial charge in [-0.2, -0.15) is 0 Å². The number of rotatable bonds is 5. The van der Waals surface area contributed by atoms with Gasteiger partial charge in [0.05, 0.1) is 25.3 Å². The highest BCUT2D eigenvalue weighted by Crippen LogP contribution is 2.31. The number of nitrogens with zero attached hydrogens (tertiary/aromatic N) is 1. The first kappa shape index (κ1) is 19.8. The zero-order valence-corrected chi connectivity index (χ0v) is 17.0. The molecule has 2 unspecified atom stereocenters. The van der Waals surface area contributed by atoms with Crippen LogP contribution in [0.4, 0.5) is 5.69 Å². The summed E-state index contributed by atoms with van der Waals surface area (Å²) >= 11 is 7.74. The number of thioether (sulfide) groups is 1. The molecule has 1 fully saturated rings. The number of aliphatic imine (C=N–C) groups is 1. The molecule has 0 bridgehead atoms. The summed E-state index contributed by atoms with van der Waals surface area (Å²) < 4.78 is 10.6. The Kier molecular flexibility index (Phi) is 6.84. The average Bonchev–Trinajstić information content (AvgIpc) is 3.16. The molecule has 0 aromatic heterocycles. The smallest absolute Gasteiger partial charge is 0.162 e. The number of hydrazine groups is 1. The van der Waals surface area contributed by atoms with E-state index in [0.29, 0.717) is 10.8 Å². The number of hydrogen-bond donors (Lipinski definition) is 3. The summed E-state index contributed by atoms with van der Waals surface area (Å²) in [6.45, 7) is 0. The van der Waals surface area contributed by atoms with E-state index >= 15 is 0 Å². The molecule has 3 N–H and O–H groups in total. The summed E-state index contributed by atoms with van der Waals surface area (Å²) in [5, 5.41) is 4.66. The Bertz CT molecular complexity index is 818. The van der Waals surface area contributed by atoms with E-state index in [4.69, 9.17) is 26.1 Å². The fourth-order valence-electron chi connectivity index (χ4n) is 2.93. The molecule has 2 aromatic carbocycles. The Morgan fingerprint density at radius 1 is 1.15 bits per heavy atom. The molecule has 8 heteroatoms. The number of para-hydroxylation sites is 1. The van der Waals surface area contributed by atoms with Gasteiger partial charge in [-0.1, -0.05) is 41.6 Å². The van der Waals surface area contributed by atoms with Crippen molar-refractivity contribution in [3.05, 3.63) is 53.1 Å². The van der Waals surface area contributed by atoms with Crippen molar-refractivity contribution in [2.75, 3.05) is 25.8 Å². The lowest BCUT2D eigenvalue weighted by atomic mass is 10.0. The molecule has 1 heterocycles. The predicted octanol–water partition coefficient (Wildman–Crippen LogP) is 4.05. The first-order valence-electron chi connectivity index (χ1n) is 8.51. The van der Waals surface area contributed by atoms with Crippen LogP contribution >= 0.6 is 23.4 Å². The minimum atomic E-state index is -0.0522. The predicted molar refractivity (Wildman–Crippen MR) is 113 cm³/mol. The molecule has 2 atom stereocenters. The highest BCUT2D eigenvalue weighted by Gasteiger charge is 2.27. The lowest BCUT2D eigenvalue weighted by Gasteiger charge is -2.13. The lowest BCUT2D eigenvalue weighted by molar-refractivity contribution is 0.402. The fourth-order valence-corrected chi connectivity index (χ4v) is 3.64. The monoisotopic (exact) mass is 406 g/mol. The van der Waals surface area contributed by atoms with Crippen molar-refractivity contribution < 1.29 is 9.47 Å². The SMILES string of the molecule is COc1ccc(N/C(=N/C2CC(c3ccccc3OC)NN2)SC)cc1Cl. The molecule has 1 aliphatic heterocycles. The maximum atomic E-state index is 6.20. The van der Waals surface area contributed by atoms with Crippen LogP contribution in [0.5, 0.6) is 11.5 Å². The van der Waals surface area contributed by atoms with Crippen LogP contribution in [0.1, 0.15) is 18.0 Å². The van der Waals surface area contributed by atoms with Gasteiger partial charge < -0.3 is 14.8 Å². The Hall–Kier alpha value is -1.93. The van der Waals surface area contributed by atoms with Crippen LogP contribution in [0.15, 0.2) is 47.5 Å². The molecular formula is C19H23ClN4O2S. The number of anilines is 1. The van der Waals surface area contributed by atoms with Crippen molar-refractivity contribution >= 4 is 34.2 Å². The summed E-state index contributed by atoms with van der Waals surface area (Å²) in [5.74, 6) is 1.52. The van der Waals surface area contributed by atoms with E-state index in [1.165, 1.54) is 0 Å². The second-order valence-corrected chi connectivity index (χ2v) is 7.15. The van der Waals surface area contributed by atoms with Crippen LogP contribution in [-0.4, -0.2) is 31.8 Å². The summed E-state index contributed by atoms with van der Waals surface area (Å²) in [6.07, 6.45) is 2.75. The van der Waals surface area contributed by atoms with Crippen LogP contribution in [0, 0.1) is 0 Å². The molecule has 0 spiro atoms. The first-order valence-corrected chi connectivity index (χ1v) is 10.1. The molecule has 144 valence electrons. The number of halogens is 1. The quantitative estimate of drug-likeness (QED) is 0.514. The molecular weight excluding hydrogens is 384 g/mol. The molecule has 6 nitrogen and oxygen atoms in total. The molecule has 0 aliphatic carbocycles. The van der Waals surface area contributed by atoms with Crippen LogP contribution in [-0.2, 0) is 0 Å². The molecule has 3 rings (SSSR count). The van der Waals surface area contributed by atoms with Gasteiger partial charge in [0.2, 0.25) is 0 Å². The summed E-state index contributed by atoms with van der Waals surface area (Å²) in [6, 6.07) is 13.7.